The Morgan fingerprint density at radius 1 is 0.769 bits per heavy atom. The molecule has 1 atom stereocenters. The zero-order valence-electron chi connectivity index (χ0n) is 24.4. The molecule has 1 aromatic heterocycles. The Balaban J connectivity index is 1.34. The first-order valence-electron chi connectivity index (χ1n) is 15.6. The normalized spacial score (nSPS) is 12.2. The Hall–Kier alpha value is -2.14. The molecule has 2 aromatic carbocycles. The SMILES string of the molecule is CCCCCCCCCCCCCCCCCCn1c(C(C)NC(=O)c2ccc(Br)cc2)nc2ccccc21. The van der Waals surface area contributed by atoms with Gasteiger partial charge in [0, 0.05) is 16.6 Å². The number of fused-ring (bicyclic) bond motifs is 1. The number of hydrogen-bond acceptors (Lipinski definition) is 2. The Bertz CT molecular complexity index is 1090. The number of halogens is 1. The van der Waals surface area contributed by atoms with Gasteiger partial charge in [-0.2, -0.15) is 0 Å². The fourth-order valence-electron chi connectivity index (χ4n) is 5.42. The van der Waals surface area contributed by atoms with Crippen molar-refractivity contribution >= 4 is 32.9 Å². The largest absolute Gasteiger partial charge is 0.342 e. The van der Waals surface area contributed by atoms with E-state index in [1.54, 1.807) is 0 Å². The van der Waals surface area contributed by atoms with Crippen LogP contribution in [0.2, 0.25) is 0 Å². The van der Waals surface area contributed by atoms with Crippen LogP contribution in [-0.4, -0.2) is 15.5 Å². The fraction of sp³-hybridized carbons (Fsp3) is 0.588. The number of hydrogen-bond donors (Lipinski definition) is 1. The lowest BCUT2D eigenvalue weighted by Gasteiger charge is -2.16. The monoisotopic (exact) mass is 595 g/mol. The average Bonchev–Trinajstić information content (AvgIpc) is 3.32. The first-order valence-corrected chi connectivity index (χ1v) is 16.4. The van der Waals surface area contributed by atoms with Crippen LogP contribution in [0.3, 0.4) is 0 Å². The van der Waals surface area contributed by atoms with Crippen molar-refractivity contribution in [3.63, 3.8) is 0 Å². The standard InChI is InChI=1S/C34H50BrN3O/c1-3-4-5-6-7-8-9-10-11-12-13-14-15-16-17-20-27-38-32-22-19-18-21-31(32)37-33(38)28(2)36-34(39)29-23-25-30(35)26-24-29/h18-19,21-26,28H,3-17,20,27H2,1-2H3,(H,36,39). The van der Waals surface area contributed by atoms with Crippen molar-refractivity contribution in [1.29, 1.82) is 0 Å². The van der Waals surface area contributed by atoms with E-state index in [0.717, 1.165) is 34.3 Å². The molecule has 0 saturated heterocycles. The van der Waals surface area contributed by atoms with Gasteiger partial charge in [-0.3, -0.25) is 4.79 Å². The van der Waals surface area contributed by atoms with Crippen molar-refractivity contribution in [1.82, 2.24) is 14.9 Å². The molecule has 214 valence electrons. The van der Waals surface area contributed by atoms with E-state index in [0.29, 0.717) is 5.56 Å². The van der Waals surface area contributed by atoms with Gasteiger partial charge in [-0.05, 0) is 49.7 Å². The van der Waals surface area contributed by atoms with Crippen LogP contribution >= 0.6 is 15.9 Å². The minimum atomic E-state index is -0.172. The molecular weight excluding hydrogens is 546 g/mol. The van der Waals surface area contributed by atoms with Crippen LogP contribution in [-0.2, 0) is 6.54 Å². The molecule has 3 rings (SSSR count). The molecule has 1 N–H and O–H groups in total. The summed E-state index contributed by atoms with van der Waals surface area (Å²) in [4.78, 5) is 17.7. The van der Waals surface area contributed by atoms with Crippen molar-refractivity contribution in [3.8, 4) is 0 Å². The van der Waals surface area contributed by atoms with Gasteiger partial charge in [-0.15, -0.1) is 0 Å². The number of unbranched alkanes of at least 4 members (excludes halogenated alkanes) is 15. The molecule has 0 saturated carbocycles. The molecule has 3 aromatic rings. The summed E-state index contributed by atoms with van der Waals surface area (Å²) in [5.41, 5.74) is 2.80. The minimum Gasteiger partial charge on any atom is -0.342 e. The van der Waals surface area contributed by atoms with Crippen LogP contribution in [0.4, 0.5) is 0 Å². The summed E-state index contributed by atoms with van der Waals surface area (Å²) in [6, 6.07) is 15.6. The van der Waals surface area contributed by atoms with Gasteiger partial charge in [0.25, 0.3) is 5.91 Å². The second-order valence-electron chi connectivity index (χ2n) is 11.1. The lowest BCUT2D eigenvalue weighted by atomic mass is 10.0. The first kappa shape index (κ1) is 31.4. The molecule has 39 heavy (non-hydrogen) atoms. The van der Waals surface area contributed by atoms with E-state index in [4.69, 9.17) is 4.98 Å². The van der Waals surface area contributed by atoms with E-state index in [1.165, 1.54) is 96.3 Å². The summed E-state index contributed by atoms with van der Waals surface area (Å²) in [5, 5.41) is 3.15. The number of para-hydroxylation sites is 2. The van der Waals surface area contributed by atoms with E-state index in [2.05, 4.69) is 50.9 Å². The minimum absolute atomic E-state index is 0.0731. The molecular formula is C34H50BrN3O. The van der Waals surface area contributed by atoms with Crippen LogP contribution < -0.4 is 5.32 Å². The van der Waals surface area contributed by atoms with Gasteiger partial charge >= 0.3 is 0 Å². The topological polar surface area (TPSA) is 46.9 Å². The van der Waals surface area contributed by atoms with Crippen molar-refractivity contribution in [3.05, 3.63) is 64.4 Å². The van der Waals surface area contributed by atoms with Crippen molar-refractivity contribution in [2.45, 2.75) is 129 Å². The van der Waals surface area contributed by atoms with Gasteiger partial charge in [-0.1, -0.05) is 131 Å². The van der Waals surface area contributed by atoms with Crippen LogP contribution in [0.15, 0.2) is 53.0 Å². The summed E-state index contributed by atoms with van der Waals surface area (Å²) in [6.07, 6.45) is 22.0. The molecule has 4 nitrogen and oxygen atoms in total. The molecule has 0 bridgehead atoms. The number of nitrogens with one attached hydrogen (secondary N) is 1. The highest BCUT2D eigenvalue weighted by Crippen LogP contribution is 2.23. The maximum absolute atomic E-state index is 12.8. The van der Waals surface area contributed by atoms with Crippen LogP contribution in [0.5, 0.6) is 0 Å². The second kappa shape index (κ2) is 18.3. The van der Waals surface area contributed by atoms with Gasteiger partial charge in [0.05, 0.1) is 17.1 Å². The highest BCUT2D eigenvalue weighted by atomic mass is 79.9. The number of carbonyl (C=O) groups is 1. The van der Waals surface area contributed by atoms with Crippen molar-refractivity contribution < 1.29 is 4.79 Å². The molecule has 1 amide bonds. The van der Waals surface area contributed by atoms with E-state index >= 15 is 0 Å². The van der Waals surface area contributed by atoms with Gasteiger partial charge in [0.15, 0.2) is 0 Å². The molecule has 0 aliphatic carbocycles. The molecule has 1 heterocycles. The molecule has 5 heteroatoms. The predicted molar refractivity (Wildman–Crippen MR) is 169 cm³/mol. The quantitative estimate of drug-likeness (QED) is 0.132. The summed E-state index contributed by atoms with van der Waals surface area (Å²) in [7, 11) is 0. The van der Waals surface area contributed by atoms with Crippen molar-refractivity contribution in [2.24, 2.45) is 0 Å². The predicted octanol–water partition coefficient (Wildman–Crippen LogP) is 10.6. The van der Waals surface area contributed by atoms with Gasteiger partial charge < -0.3 is 9.88 Å². The Kier molecular flexibility index (Phi) is 14.7. The number of nitrogens with zero attached hydrogens (tertiary/aromatic N) is 2. The Labute approximate surface area is 245 Å². The first-order chi connectivity index (χ1) is 19.1. The zero-order chi connectivity index (χ0) is 27.7. The van der Waals surface area contributed by atoms with Crippen LogP contribution in [0.25, 0.3) is 11.0 Å². The van der Waals surface area contributed by atoms with E-state index in [-0.39, 0.29) is 11.9 Å². The number of rotatable bonds is 20. The average molecular weight is 597 g/mol. The second-order valence-corrected chi connectivity index (χ2v) is 12.0. The summed E-state index contributed by atoms with van der Waals surface area (Å²) >= 11 is 3.43. The molecule has 0 radical (unpaired) electrons. The van der Waals surface area contributed by atoms with Gasteiger partial charge in [0.2, 0.25) is 0 Å². The number of aryl methyl sites for hydroxylation is 1. The van der Waals surface area contributed by atoms with Crippen molar-refractivity contribution in [2.75, 3.05) is 0 Å². The molecule has 0 fully saturated rings. The lowest BCUT2D eigenvalue weighted by molar-refractivity contribution is 0.0937. The third-order valence-corrected chi connectivity index (χ3v) is 8.29. The highest BCUT2D eigenvalue weighted by molar-refractivity contribution is 9.10. The molecule has 1 unspecified atom stereocenters. The summed E-state index contributed by atoms with van der Waals surface area (Å²) in [6.45, 7) is 5.26. The fourth-order valence-corrected chi connectivity index (χ4v) is 5.69. The number of amides is 1. The van der Waals surface area contributed by atoms with Gasteiger partial charge in [0.1, 0.15) is 5.82 Å². The lowest BCUT2D eigenvalue weighted by Crippen LogP contribution is -2.28. The van der Waals surface area contributed by atoms with E-state index in [9.17, 15) is 4.79 Å². The Morgan fingerprint density at radius 2 is 1.28 bits per heavy atom. The molecule has 0 spiro atoms. The summed E-state index contributed by atoms with van der Waals surface area (Å²) in [5.74, 6) is 0.860. The summed E-state index contributed by atoms with van der Waals surface area (Å²) < 4.78 is 3.28. The zero-order valence-corrected chi connectivity index (χ0v) is 26.0. The molecule has 0 aliphatic heterocycles. The van der Waals surface area contributed by atoms with E-state index in [1.807, 2.05) is 37.3 Å². The third-order valence-electron chi connectivity index (χ3n) is 7.76. The Morgan fingerprint density at radius 3 is 1.85 bits per heavy atom. The third kappa shape index (κ3) is 11.1. The van der Waals surface area contributed by atoms with E-state index < -0.39 is 0 Å². The molecule has 0 aliphatic rings. The van der Waals surface area contributed by atoms with Crippen LogP contribution in [0, 0.1) is 0 Å². The van der Waals surface area contributed by atoms with Crippen LogP contribution in [0.1, 0.15) is 139 Å². The maximum atomic E-state index is 12.8. The number of imidazole rings is 1. The highest BCUT2D eigenvalue weighted by Gasteiger charge is 2.19. The van der Waals surface area contributed by atoms with Gasteiger partial charge in [-0.25, -0.2) is 4.98 Å². The smallest absolute Gasteiger partial charge is 0.251 e. The maximum Gasteiger partial charge on any atom is 0.251 e. The number of aromatic nitrogens is 2. The number of carbonyl (C=O) groups excluding carboxylic acids is 1. The number of benzene rings is 2.